The molecule has 1 aromatic rings. The van der Waals surface area contributed by atoms with Gasteiger partial charge in [-0.05, 0) is 53.1 Å². The number of rotatable bonds is 2. The van der Waals surface area contributed by atoms with E-state index in [1.54, 1.807) is 6.07 Å². The Morgan fingerprint density at radius 3 is 2.57 bits per heavy atom. The van der Waals surface area contributed by atoms with Crippen molar-refractivity contribution in [2.75, 3.05) is 13.1 Å². The highest BCUT2D eigenvalue weighted by Crippen LogP contribution is 2.30. The van der Waals surface area contributed by atoms with Crippen molar-refractivity contribution in [2.45, 2.75) is 13.0 Å². The second-order valence-corrected chi connectivity index (χ2v) is 5.10. The van der Waals surface area contributed by atoms with Crippen molar-refractivity contribution in [3.63, 3.8) is 0 Å². The van der Waals surface area contributed by atoms with E-state index in [0.717, 1.165) is 29.7 Å². The summed E-state index contributed by atoms with van der Waals surface area (Å²) in [6, 6.07) is 3.23. The summed E-state index contributed by atoms with van der Waals surface area (Å²) in [6.07, 6.45) is 1.25. The summed E-state index contributed by atoms with van der Waals surface area (Å²) < 4.78 is 14.8. The van der Waals surface area contributed by atoms with E-state index in [-0.39, 0.29) is 5.82 Å². The van der Waals surface area contributed by atoms with E-state index in [0.29, 0.717) is 4.47 Å². The van der Waals surface area contributed by atoms with Gasteiger partial charge in [0.25, 0.3) is 0 Å². The second-order valence-electron chi connectivity index (χ2n) is 3.45. The first-order valence-corrected chi connectivity index (χ1v) is 6.12. The fraction of sp³-hybridized carbons (Fsp3) is 0.400. The molecule has 1 heterocycles. The van der Waals surface area contributed by atoms with Crippen molar-refractivity contribution in [3.05, 3.63) is 32.5 Å². The lowest BCUT2D eigenvalue weighted by atomic mass is 10.1. The maximum atomic E-state index is 13.2. The SMILES string of the molecule is Fc1ccc(Br)c(CN2CCC2)c1Br. The second kappa shape index (κ2) is 4.29. The van der Waals surface area contributed by atoms with E-state index >= 15 is 0 Å². The van der Waals surface area contributed by atoms with E-state index in [9.17, 15) is 4.39 Å². The summed E-state index contributed by atoms with van der Waals surface area (Å²) in [4.78, 5) is 2.30. The van der Waals surface area contributed by atoms with Crippen LogP contribution in [-0.2, 0) is 6.54 Å². The van der Waals surface area contributed by atoms with E-state index in [2.05, 4.69) is 36.8 Å². The molecule has 1 fully saturated rings. The van der Waals surface area contributed by atoms with Crippen molar-refractivity contribution in [1.29, 1.82) is 0 Å². The van der Waals surface area contributed by atoms with Gasteiger partial charge >= 0.3 is 0 Å². The van der Waals surface area contributed by atoms with E-state index in [4.69, 9.17) is 0 Å². The molecule has 1 nitrogen and oxygen atoms in total. The van der Waals surface area contributed by atoms with Gasteiger partial charge in [0.1, 0.15) is 5.82 Å². The highest BCUT2D eigenvalue weighted by molar-refractivity contribution is 9.11. The highest BCUT2D eigenvalue weighted by Gasteiger charge is 2.18. The third kappa shape index (κ3) is 2.02. The summed E-state index contributed by atoms with van der Waals surface area (Å²) in [7, 11) is 0. The molecule has 2 rings (SSSR count). The molecule has 1 aliphatic heterocycles. The van der Waals surface area contributed by atoms with Crippen LogP contribution in [0.3, 0.4) is 0 Å². The topological polar surface area (TPSA) is 3.24 Å². The minimum Gasteiger partial charge on any atom is -0.299 e. The molecule has 1 saturated heterocycles. The van der Waals surface area contributed by atoms with Crippen LogP contribution in [0.2, 0.25) is 0 Å². The number of nitrogens with zero attached hydrogens (tertiary/aromatic N) is 1. The Kier molecular flexibility index (Phi) is 3.24. The van der Waals surface area contributed by atoms with Crippen molar-refractivity contribution >= 4 is 31.9 Å². The number of hydrogen-bond donors (Lipinski definition) is 0. The van der Waals surface area contributed by atoms with Gasteiger partial charge in [0.2, 0.25) is 0 Å². The zero-order chi connectivity index (χ0) is 10.1. The normalized spacial score (nSPS) is 16.8. The largest absolute Gasteiger partial charge is 0.299 e. The van der Waals surface area contributed by atoms with Crippen LogP contribution < -0.4 is 0 Å². The highest BCUT2D eigenvalue weighted by atomic mass is 79.9. The van der Waals surface area contributed by atoms with Gasteiger partial charge in [-0.25, -0.2) is 4.39 Å². The zero-order valence-corrected chi connectivity index (χ0v) is 10.7. The third-order valence-corrected chi connectivity index (χ3v) is 4.07. The summed E-state index contributed by atoms with van der Waals surface area (Å²) in [5.41, 5.74) is 1.00. The van der Waals surface area contributed by atoms with Crippen LogP contribution in [0.1, 0.15) is 12.0 Å². The first kappa shape index (κ1) is 10.6. The molecule has 0 N–H and O–H groups in total. The van der Waals surface area contributed by atoms with Crippen LogP contribution >= 0.6 is 31.9 Å². The quantitative estimate of drug-likeness (QED) is 0.753. The Labute approximate surface area is 99.5 Å². The predicted octanol–water partition coefficient (Wildman–Crippen LogP) is 3.56. The molecule has 0 spiro atoms. The Balaban J connectivity index is 2.25. The van der Waals surface area contributed by atoms with Gasteiger partial charge in [-0.1, -0.05) is 15.9 Å². The molecule has 0 unspecified atom stereocenters. The van der Waals surface area contributed by atoms with Crippen LogP contribution in [-0.4, -0.2) is 18.0 Å². The van der Waals surface area contributed by atoms with E-state index in [1.807, 2.05) is 0 Å². The molecule has 0 aromatic heterocycles. The molecular formula is C10H10Br2FN. The minimum absolute atomic E-state index is 0.191. The van der Waals surface area contributed by atoms with Gasteiger partial charge in [0.15, 0.2) is 0 Å². The van der Waals surface area contributed by atoms with Gasteiger partial charge in [-0.2, -0.15) is 0 Å². The van der Waals surface area contributed by atoms with Crippen LogP contribution in [0.25, 0.3) is 0 Å². The molecule has 0 atom stereocenters. The Hall–Kier alpha value is 0.0700. The van der Waals surface area contributed by atoms with Crippen molar-refractivity contribution in [1.82, 2.24) is 4.90 Å². The van der Waals surface area contributed by atoms with Gasteiger partial charge in [-0.15, -0.1) is 0 Å². The van der Waals surface area contributed by atoms with E-state index < -0.39 is 0 Å². The number of benzene rings is 1. The van der Waals surface area contributed by atoms with Gasteiger partial charge in [0, 0.05) is 11.0 Å². The monoisotopic (exact) mass is 321 g/mol. The number of halogens is 3. The van der Waals surface area contributed by atoms with Gasteiger partial charge in [0.05, 0.1) is 4.47 Å². The first-order chi connectivity index (χ1) is 6.68. The van der Waals surface area contributed by atoms with Crippen molar-refractivity contribution in [3.8, 4) is 0 Å². The average molecular weight is 323 g/mol. The Morgan fingerprint density at radius 2 is 2.00 bits per heavy atom. The van der Waals surface area contributed by atoms with Crippen molar-refractivity contribution in [2.24, 2.45) is 0 Å². The van der Waals surface area contributed by atoms with E-state index in [1.165, 1.54) is 12.5 Å². The number of likely N-dealkylation sites (tertiary alicyclic amines) is 1. The fourth-order valence-electron chi connectivity index (χ4n) is 1.48. The van der Waals surface area contributed by atoms with Crippen LogP contribution in [0.5, 0.6) is 0 Å². The molecule has 0 aliphatic carbocycles. The Bertz CT molecular complexity index is 350. The molecule has 0 amide bonds. The lowest BCUT2D eigenvalue weighted by Crippen LogP contribution is -2.36. The number of hydrogen-bond acceptors (Lipinski definition) is 1. The maximum absolute atomic E-state index is 13.2. The van der Waals surface area contributed by atoms with Crippen LogP contribution in [0.15, 0.2) is 21.1 Å². The molecule has 1 aliphatic rings. The van der Waals surface area contributed by atoms with Gasteiger partial charge in [-0.3, -0.25) is 4.90 Å². The molecular weight excluding hydrogens is 313 g/mol. The summed E-state index contributed by atoms with van der Waals surface area (Å²) in [5, 5.41) is 0. The van der Waals surface area contributed by atoms with Crippen LogP contribution in [0, 0.1) is 5.82 Å². The fourth-order valence-corrected chi connectivity index (χ4v) is 2.67. The molecule has 14 heavy (non-hydrogen) atoms. The first-order valence-electron chi connectivity index (χ1n) is 4.53. The zero-order valence-electron chi connectivity index (χ0n) is 7.56. The standard InChI is InChI=1S/C10H10Br2FN/c11-8-2-3-9(13)10(12)7(8)6-14-4-1-5-14/h2-3H,1,4-6H2. The average Bonchev–Trinajstić information content (AvgIpc) is 2.09. The molecule has 0 radical (unpaired) electrons. The third-order valence-electron chi connectivity index (χ3n) is 2.47. The van der Waals surface area contributed by atoms with Crippen LogP contribution in [0.4, 0.5) is 4.39 Å². The minimum atomic E-state index is -0.191. The summed E-state index contributed by atoms with van der Waals surface area (Å²) >= 11 is 6.72. The smallest absolute Gasteiger partial charge is 0.137 e. The molecule has 0 saturated carbocycles. The summed E-state index contributed by atoms with van der Waals surface area (Å²) in [6.45, 7) is 3.06. The molecule has 1 aromatic carbocycles. The lowest BCUT2D eigenvalue weighted by molar-refractivity contribution is 0.171. The Morgan fingerprint density at radius 1 is 1.29 bits per heavy atom. The maximum Gasteiger partial charge on any atom is 0.137 e. The van der Waals surface area contributed by atoms with Crippen molar-refractivity contribution < 1.29 is 4.39 Å². The summed E-state index contributed by atoms with van der Waals surface area (Å²) in [5.74, 6) is -0.191. The molecule has 76 valence electrons. The van der Waals surface area contributed by atoms with Gasteiger partial charge < -0.3 is 0 Å². The lowest BCUT2D eigenvalue weighted by Gasteiger charge is -2.31. The predicted molar refractivity (Wildman–Crippen MR) is 61.7 cm³/mol. The molecule has 4 heteroatoms. The molecule has 0 bridgehead atoms.